The monoisotopic (exact) mass is 684 g/mol. The molecule has 0 spiro atoms. The Labute approximate surface area is 295 Å². The van der Waals surface area contributed by atoms with Crippen LogP contribution in [-0.2, 0) is 12.8 Å². The van der Waals surface area contributed by atoms with Gasteiger partial charge in [0.25, 0.3) is 0 Å². The number of carbonyl (C=O) groups excluding carboxylic acids is 5. The van der Waals surface area contributed by atoms with Crippen molar-refractivity contribution >= 4 is 29.7 Å². The van der Waals surface area contributed by atoms with Gasteiger partial charge in [0.15, 0.2) is 5.78 Å². The summed E-state index contributed by atoms with van der Waals surface area (Å²) in [4.78, 5) is 63.3. The van der Waals surface area contributed by atoms with Crippen LogP contribution in [0.3, 0.4) is 0 Å². The van der Waals surface area contributed by atoms with Crippen molar-refractivity contribution in [1.82, 2.24) is 0 Å². The zero-order chi connectivity index (χ0) is 36.3. The molecule has 0 bridgehead atoms. The van der Waals surface area contributed by atoms with Crippen molar-refractivity contribution in [2.75, 3.05) is 0 Å². The van der Waals surface area contributed by atoms with E-state index >= 15 is 0 Å². The molecule has 9 heteroatoms. The number of carbonyl (C=O) groups is 5. The van der Waals surface area contributed by atoms with Crippen molar-refractivity contribution in [1.29, 1.82) is 0 Å². The van der Waals surface area contributed by atoms with Crippen molar-refractivity contribution < 1.29 is 42.9 Å². The van der Waals surface area contributed by atoms with E-state index in [1.807, 2.05) is 24.3 Å². The highest BCUT2D eigenvalue weighted by Crippen LogP contribution is 2.27. The molecule has 0 amide bonds. The summed E-state index contributed by atoms with van der Waals surface area (Å²) in [6.07, 6.45) is 3.86. The molecule has 0 saturated carbocycles. The number of ether oxygens (including phenoxy) is 4. The Morgan fingerprint density at radius 2 is 0.765 bits per heavy atom. The maximum Gasteiger partial charge on any atom is 0.343 e. The summed E-state index contributed by atoms with van der Waals surface area (Å²) < 4.78 is 21.8. The topological polar surface area (TPSA) is 122 Å². The predicted octanol–water partition coefficient (Wildman–Crippen LogP) is 8.67. The van der Waals surface area contributed by atoms with E-state index in [4.69, 9.17) is 18.9 Å². The first-order valence-corrected chi connectivity index (χ1v) is 16.5. The highest BCUT2D eigenvalue weighted by molar-refractivity contribution is 6.00. The van der Waals surface area contributed by atoms with E-state index in [2.05, 4.69) is 13.8 Å². The third kappa shape index (κ3) is 9.64. The first-order valence-electron chi connectivity index (χ1n) is 16.5. The van der Waals surface area contributed by atoms with Gasteiger partial charge >= 0.3 is 23.9 Å². The summed E-state index contributed by atoms with van der Waals surface area (Å²) in [5.74, 6) is -2.41. The molecule has 0 N–H and O–H groups in total. The van der Waals surface area contributed by atoms with E-state index in [0.29, 0.717) is 11.1 Å². The Bertz CT molecular complexity index is 2030. The van der Waals surface area contributed by atoms with Crippen molar-refractivity contribution in [2.24, 2.45) is 0 Å². The fourth-order valence-electron chi connectivity index (χ4n) is 5.10. The maximum atomic E-state index is 12.9. The lowest BCUT2D eigenvalue weighted by Crippen LogP contribution is -2.13. The minimum Gasteiger partial charge on any atom is -0.423 e. The quantitative estimate of drug-likeness (QED) is 0.0681. The Hall–Kier alpha value is -6.35. The van der Waals surface area contributed by atoms with E-state index in [1.54, 1.807) is 24.3 Å². The van der Waals surface area contributed by atoms with E-state index in [0.717, 1.165) is 36.8 Å². The minimum absolute atomic E-state index is 0.0224. The molecule has 0 saturated heterocycles. The molecular formula is C42H36O9. The van der Waals surface area contributed by atoms with Gasteiger partial charge in [-0.1, -0.05) is 51.0 Å². The lowest BCUT2D eigenvalue weighted by atomic mass is 10.1. The van der Waals surface area contributed by atoms with E-state index in [-0.39, 0.29) is 39.7 Å². The Morgan fingerprint density at radius 1 is 0.431 bits per heavy atom. The van der Waals surface area contributed by atoms with Gasteiger partial charge in [0.2, 0.25) is 0 Å². The van der Waals surface area contributed by atoms with Gasteiger partial charge in [0, 0.05) is 0 Å². The number of benzene rings is 5. The van der Waals surface area contributed by atoms with Crippen LogP contribution in [0.1, 0.15) is 96.5 Å². The van der Waals surface area contributed by atoms with Crippen LogP contribution in [0.25, 0.3) is 0 Å². The molecule has 0 fully saturated rings. The normalized spacial score (nSPS) is 10.6. The van der Waals surface area contributed by atoms with E-state index in [1.165, 1.54) is 73.7 Å². The smallest absolute Gasteiger partial charge is 0.343 e. The molecule has 0 aromatic heterocycles. The molecule has 5 rings (SSSR count). The molecule has 5 aromatic carbocycles. The van der Waals surface area contributed by atoms with Crippen LogP contribution in [0.5, 0.6) is 23.0 Å². The summed E-state index contributed by atoms with van der Waals surface area (Å²) in [5.41, 5.74) is 3.44. The lowest BCUT2D eigenvalue weighted by molar-refractivity contribution is 0.0714. The van der Waals surface area contributed by atoms with Crippen LogP contribution in [0.15, 0.2) is 115 Å². The van der Waals surface area contributed by atoms with Gasteiger partial charge in [-0.05, 0) is 122 Å². The molecule has 0 unspecified atom stereocenters. The second kappa shape index (κ2) is 16.8. The average molecular weight is 685 g/mol. The lowest BCUT2D eigenvalue weighted by Gasteiger charge is -2.11. The number of aryl methyl sites for hydroxylation is 2. The number of esters is 4. The summed E-state index contributed by atoms with van der Waals surface area (Å²) in [6.45, 7) is 5.46. The molecule has 0 aliphatic rings. The largest absolute Gasteiger partial charge is 0.423 e. The molecule has 0 heterocycles. The van der Waals surface area contributed by atoms with Gasteiger partial charge in [-0.15, -0.1) is 0 Å². The average Bonchev–Trinajstić information content (AvgIpc) is 3.13. The van der Waals surface area contributed by atoms with Crippen molar-refractivity contribution in [3.05, 3.63) is 154 Å². The van der Waals surface area contributed by atoms with Crippen molar-refractivity contribution in [3.63, 3.8) is 0 Å². The molecule has 258 valence electrons. The minimum atomic E-state index is -0.749. The molecule has 0 radical (unpaired) electrons. The highest BCUT2D eigenvalue weighted by Gasteiger charge is 2.18. The number of hydrogen-bond donors (Lipinski definition) is 0. The van der Waals surface area contributed by atoms with E-state index in [9.17, 15) is 24.0 Å². The predicted molar refractivity (Wildman–Crippen MR) is 190 cm³/mol. The van der Waals surface area contributed by atoms with Gasteiger partial charge in [-0.2, -0.15) is 0 Å². The third-order valence-corrected chi connectivity index (χ3v) is 7.80. The number of hydrogen-bond acceptors (Lipinski definition) is 9. The van der Waals surface area contributed by atoms with Gasteiger partial charge in [-0.25, -0.2) is 19.2 Å². The van der Waals surface area contributed by atoms with Crippen molar-refractivity contribution in [2.45, 2.75) is 46.5 Å². The molecule has 0 aliphatic carbocycles. The molecule has 0 atom stereocenters. The summed E-state index contributed by atoms with van der Waals surface area (Å²) in [7, 11) is 0. The van der Waals surface area contributed by atoms with Crippen LogP contribution in [0.2, 0.25) is 0 Å². The third-order valence-electron chi connectivity index (χ3n) is 7.80. The van der Waals surface area contributed by atoms with Crippen LogP contribution in [0.4, 0.5) is 0 Å². The van der Waals surface area contributed by atoms with Gasteiger partial charge in [-0.3, -0.25) is 4.79 Å². The summed E-state index contributed by atoms with van der Waals surface area (Å²) in [5, 5.41) is 0. The summed E-state index contributed by atoms with van der Waals surface area (Å²) in [6, 6.07) is 30.2. The highest BCUT2D eigenvalue weighted by atomic mass is 16.5. The van der Waals surface area contributed by atoms with Gasteiger partial charge in [0.05, 0.1) is 27.8 Å². The molecular weight excluding hydrogens is 648 g/mol. The Kier molecular flexibility index (Phi) is 11.9. The molecule has 9 nitrogen and oxygen atoms in total. The summed E-state index contributed by atoms with van der Waals surface area (Å²) >= 11 is 0. The zero-order valence-corrected chi connectivity index (χ0v) is 28.5. The van der Waals surface area contributed by atoms with Crippen LogP contribution in [0, 0.1) is 0 Å². The SMILES string of the molecule is CCCc1ccc(C(=O)Oc2ccc(C(=O)Oc3ccc(OC(=O)c4ccc(OC(=O)c5ccc(CCC)cc5)cc4)c(C(C)=O)c3)cc2)cc1. The van der Waals surface area contributed by atoms with E-state index < -0.39 is 29.7 Å². The van der Waals surface area contributed by atoms with Crippen LogP contribution in [-0.4, -0.2) is 29.7 Å². The Balaban J connectivity index is 1.17. The molecule has 0 aliphatic heterocycles. The van der Waals surface area contributed by atoms with Crippen LogP contribution < -0.4 is 18.9 Å². The molecule has 5 aromatic rings. The van der Waals surface area contributed by atoms with Gasteiger partial charge < -0.3 is 18.9 Å². The maximum absolute atomic E-state index is 12.9. The van der Waals surface area contributed by atoms with Gasteiger partial charge in [0.1, 0.15) is 23.0 Å². The fraction of sp³-hybridized carbons (Fsp3) is 0.167. The van der Waals surface area contributed by atoms with Crippen LogP contribution >= 0.6 is 0 Å². The zero-order valence-electron chi connectivity index (χ0n) is 28.5. The second-order valence-corrected chi connectivity index (χ2v) is 11.7. The first-order chi connectivity index (χ1) is 24.6. The van der Waals surface area contributed by atoms with Crippen molar-refractivity contribution in [3.8, 4) is 23.0 Å². The standard InChI is InChI=1S/C42H36O9/c1-4-6-28-8-12-30(13-9-28)39(44)48-34-20-16-32(17-21-34)41(46)50-36-24-25-38(37(26-36)27(3)43)51-42(47)33-18-22-35(23-19-33)49-40(45)31-14-10-29(7-5-2)11-15-31/h8-26H,4-7H2,1-3H3. The second-order valence-electron chi connectivity index (χ2n) is 11.7. The molecule has 51 heavy (non-hydrogen) atoms. The number of Topliss-reactive ketones (excluding diaryl/α,β-unsaturated/α-hetero) is 1. The number of ketones is 1. The Morgan fingerprint density at radius 3 is 1.14 bits per heavy atom. The number of rotatable bonds is 13. The fourth-order valence-corrected chi connectivity index (χ4v) is 5.10. The first kappa shape index (κ1) is 35.9.